The molecule has 0 radical (unpaired) electrons. The number of halogens is 1. The van der Waals surface area contributed by atoms with E-state index >= 15 is 0 Å². The highest BCUT2D eigenvalue weighted by atomic mass is 79.9. The zero-order chi connectivity index (χ0) is 14.2. The molecule has 3 heteroatoms. The van der Waals surface area contributed by atoms with E-state index in [2.05, 4.69) is 40.2 Å². The lowest BCUT2D eigenvalue weighted by Gasteiger charge is -2.08. The zero-order valence-corrected chi connectivity index (χ0v) is 13.0. The maximum atomic E-state index is 9.19. The summed E-state index contributed by atoms with van der Waals surface area (Å²) in [5.74, 6) is 0.817. The summed E-state index contributed by atoms with van der Waals surface area (Å²) in [6, 6.07) is 16.2. The first-order valence-corrected chi connectivity index (χ1v) is 7.65. The van der Waals surface area contributed by atoms with Crippen LogP contribution in [-0.4, -0.2) is 11.7 Å². The summed E-state index contributed by atoms with van der Waals surface area (Å²) in [7, 11) is 0. The molecule has 2 nitrogen and oxygen atoms in total. The first-order valence-electron chi connectivity index (χ1n) is 6.85. The lowest BCUT2D eigenvalue weighted by molar-refractivity contribution is 0.277. The second kappa shape index (κ2) is 8.08. The van der Waals surface area contributed by atoms with Gasteiger partial charge in [-0.15, -0.1) is 0 Å². The Kier molecular flexibility index (Phi) is 6.09. The van der Waals surface area contributed by atoms with Crippen molar-refractivity contribution in [2.24, 2.45) is 0 Å². The Labute approximate surface area is 128 Å². The van der Waals surface area contributed by atoms with Crippen LogP contribution in [0.15, 0.2) is 53.0 Å². The number of ether oxygens (including phenoxy) is 1. The van der Waals surface area contributed by atoms with Crippen LogP contribution in [0.4, 0.5) is 0 Å². The smallest absolute Gasteiger partial charge is 0.119 e. The standard InChI is InChI=1S/C17H19BrO2/c18-17-10-9-16(12-15(17)13-19)20-11-5-4-8-14-6-2-1-3-7-14/h1-3,6-7,9-10,12,19H,4-5,8,11,13H2. The second-order valence-electron chi connectivity index (χ2n) is 4.70. The molecule has 1 N–H and O–H groups in total. The van der Waals surface area contributed by atoms with Crippen molar-refractivity contribution in [3.8, 4) is 5.75 Å². The minimum Gasteiger partial charge on any atom is -0.494 e. The Balaban J connectivity index is 1.71. The van der Waals surface area contributed by atoms with E-state index in [-0.39, 0.29) is 6.61 Å². The predicted octanol–water partition coefficient (Wildman–Crippen LogP) is 4.34. The number of benzene rings is 2. The van der Waals surface area contributed by atoms with Gasteiger partial charge in [0, 0.05) is 4.47 Å². The molecule has 2 rings (SSSR count). The van der Waals surface area contributed by atoms with Gasteiger partial charge in [0.25, 0.3) is 0 Å². The van der Waals surface area contributed by atoms with Gasteiger partial charge in [0.2, 0.25) is 0 Å². The van der Waals surface area contributed by atoms with Crippen LogP contribution in [0.25, 0.3) is 0 Å². The van der Waals surface area contributed by atoms with Crippen molar-refractivity contribution in [3.05, 3.63) is 64.1 Å². The number of unbranched alkanes of at least 4 members (excludes halogenated alkanes) is 1. The number of aliphatic hydroxyl groups is 1. The van der Waals surface area contributed by atoms with Gasteiger partial charge in [0.15, 0.2) is 0 Å². The van der Waals surface area contributed by atoms with E-state index in [1.165, 1.54) is 5.56 Å². The first kappa shape index (κ1) is 15.1. The van der Waals surface area contributed by atoms with Gasteiger partial charge in [-0.05, 0) is 48.6 Å². The summed E-state index contributed by atoms with van der Waals surface area (Å²) in [5.41, 5.74) is 2.23. The highest BCUT2D eigenvalue weighted by molar-refractivity contribution is 9.10. The highest BCUT2D eigenvalue weighted by Crippen LogP contribution is 2.22. The fraction of sp³-hybridized carbons (Fsp3) is 0.294. The van der Waals surface area contributed by atoms with Gasteiger partial charge in [0.1, 0.15) is 5.75 Å². The van der Waals surface area contributed by atoms with Gasteiger partial charge in [0.05, 0.1) is 13.2 Å². The average molecular weight is 335 g/mol. The number of hydrogen-bond acceptors (Lipinski definition) is 2. The number of rotatable bonds is 7. The van der Waals surface area contributed by atoms with Gasteiger partial charge in [-0.2, -0.15) is 0 Å². The third-order valence-corrected chi connectivity index (χ3v) is 3.93. The van der Waals surface area contributed by atoms with Crippen molar-refractivity contribution < 1.29 is 9.84 Å². The van der Waals surface area contributed by atoms with Gasteiger partial charge in [-0.25, -0.2) is 0 Å². The van der Waals surface area contributed by atoms with E-state index in [0.29, 0.717) is 6.61 Å². The first-order chi connectivity index (χ1) is 9.79. The monoisotopic (exact) mass is 334 g/mol. The molecule has 0 heterocycles. The van der Waals surface area contributed by atoms with Crippen LogP contribution in [0.3, 0.4) is 0 Å². The lowest BCUT2D eigenvalue weighted by Crippen LogP contribution is -1.99. The summed E-state index contributed by atoms with van der Waals surface area (Å²) >= 11 is 3.39. The van der Waals surface area contributed by atoms with E-state index in [9.17, 15) is 5.11 Å². The quantitative estimate of drug-likeness (QED) is 0.763. The third kappa shape index (κ3) is 4.66. The van der Waals surface area contributed by atoms with Crippen molar-refractivity contribution >= 4 is 15.9 Å². The normalized spacial score (nSPS) is 10.5. The van der Waals surface area contributed by atoms with Gasteiger partial charge in [-0.3, -0.25) is 0 Å². The average Bonchev–Trinajstić information content (AvgIpc) is 2.49. The molecule has 2 aromatic carbocycles. The van der Waals surface area contributed by atoms with Crippen molar-refractivity contribution in [2.75, 3.05) is 6.61 Å². The third-order valence-electron chi connectivity index (χ3n) is 3.16. The van der Waals surface area contributed by atoms with Gasteiger partial charge >= 0.3 is 0 Å². The number of aryl methyl sites for hydroxylation is 1. The van der Waals surface area contributed by atoms with E-state index in [0.717, 1.165) is 35.0 Å². The Bertz CT molecular complexity index is 526. The van der Waals surface area contributed by atoms with Crippen LogP contribution in [0.5, 0.6) is 5.75 Å². The Morgan fingerprint density at radius 3 is 2.55 bits per heavy atom. The number of aliphatic hydroxyl groups excluding tert-OH is 1. The van der Waals surface area contributed by atoms with Crippen molar-refractivity contribution in [3.63, 3.8) is 0 Å². The van der Waals surface area contributed by atoms with Crippen LogP contribution in [0.2, 0.25) is 0 Å². The molecule has 106 valence electrons. The molecule has 0 aliphatic heterocycles. The molecule has 0 atom stereocenters. The Morgan fingerprint density at radius 1 is 1.00 bits per heavy atom. The topological polar surface area (TPSA) is 29.5 Å². The Morgan fingerprint density at radius 2 is 1.80 bits per heavy atom. The molecule has 0 aliphatic rings. The van der Waals surface area contributed by atoms with Crippen LogP contribution in [0.1, 0.15) is 24.0 Å². The molecule has 0 saturated carbocycles. The fourth-order valence-electron chi connectivity index (χ4n) is 2.03. The van der Waals surface area contributed by atoms with E-state index in [4.69, 9.17) is 4.74 Å². The zero-order valence-electron chi connectivity index (χ0n) is 11.4. The van der Waals surface area contributed by atoms with Crippen LogP contribution in [0, 0.1) is 0 Å². The molecule has 0 fully saturated rings. The second-order valence-corrected chi connectivity index (χ2v) is 5.56. The van der Waals surface area contributed by atoms with Crippen LogP contribution < -0.4 is 4.74 Å². The molecule has 0 unspecified atom stereocenters. The summed E-state index contributed by atoms with van der Waals surface area (Å²) < 4.78 is 6.62. The molecule has 20 heavy (non-hydrogen) atoms. The molecule has 0 bridgehead atoms. The maximum Gasteiger partial charge on any atom is 0.119 e. The van der Waals surface area contributed by atoms with Crippen LogP contribution >= 0.6 is 15.9 Å². The molecule has 0 spiro atoms. The van der Waals surface area contributed by atoms with Crippen LogP contribution in [-0.2, 0) is 13.0 Å². The summed E-state index contributed by atoms with van der Waals surface area (Å²) in [5, 5.41) is 9.19. The summed E-state index contributed by atoms with van der Waals surface area (Å²) in [6.07, 6.45) is 3.24. The van der Waals surface area contributed by atoms with Gasteiger partial charge < -0.3 is 9.84 Å². The number of hydrogen-bond donors (Lipinski definition) is 1. The van der Waals surface area contributed by atoms with Gasteiger partial charge in [-0.1, -0.05) is 46.3 Å². The van der Waals surface area contributed by atoms with E-state index in [1.54, 1.807) is 0 Å². The van der Waals surface area contributed by atoms with Crippen molar-refractivity contribution in [1.29, 1.82) is 0 Å². The fourth-order valence-corrected chi connectivity index (χ4v) is 2.40. The molecule has 0 amide bonds. The highest BCUT2D eigenvalue weighted by Gasteiger charge is 2.01. The van der Waals surface area contributed by atoms with E-state index < -0.39 is 0 Å². The molecule has 0 saturated heterocycles. The predicted molar refractivity (Wildman–Crippen MR) is 84.9 cm³/mol. The largest absolute Gasteiger partial charge is 0.494 e. The molecular formula is C17H19BrO2. The lowest BCUT2D eigenvalue weighted by atomic mass is 10.1. The molecular weight excluding hydrogens is 316 g/mol. The van der Waals surface area contributed by atoms with Crippen molar-refractivity contribution in [1.82, 2.24) is 0 Å². The molecule has 2 aromatic rings. The molecule has 0 aliphatic carbocycles. The van der Waals surface area contributed by atoms with Crippen molar-refractivity contribution in [2.45, 2.75) is 25.9 Å². The minimum absolute atomic E-state index is 0.0196. The molecule has 0 aromatic heterocycles. The Hall–Kier alpha value is -1.32. The van der Waals surface area contributed by atoms with E-state index in [1.807, 2.05) is 24.3 Å². The summed E-state index contributed by atoms with van der Waals surface area (Å²) in [4.78, 5) is 0. The summed E-state index contributed by atoms with van der Waals surface area (Å²) in [6.45, 7) is 0.727. The maximum absolute atomic E-state index is 9.19. The SMILES string of the molecule is OCc1cc(OCCCCc2ccccc2)ccc1Br. The minimum atomic E-state index is 0.0196.